The molecule has 0 saturated heterocycles. The van der Waals surface area contributed by atoms with Gasteiger partial charge in [0.1, 0.15) is 28.3 Å². The first-order valence-electron chi connectivity index (χ1n) is 12.6. The monoisotopic (exact) mass is 600 g/mol. The molecule has 0 N–H and O–H groups in total. The highest BCUT2D eigenvalue weighted by atomic mass is 79.9. The number of hydrogen-bond acceptors (Lipinski definition) is 4. The van der Waals surface area contributed by atoms with Gasteiger partial charge < -0.3 is 14.4 Å². The van der Waals surface area contributed by atoms with Crippen molar-refractivity contribution in [3.05, 3.63) is 87.1 Å². The van der Waals surface area contributed by atoms with Crippen LogP contribution in [-0.2, 0) is 30.5 Å². The number of benzene rings is 3. The summed E-state index contributed by atoms with van der Waals surface area (Å²) in [4.78, 5) is 2.14. The minimum Gasteiger partial charge on any atom is -0.497 e. The Hall–Kier alpha value is -2.71. The van der Waals surface area contributed by atoms with Gasteiger partial charge in [-0.2, -0.15) is 4.40 Å². The highest BCUT2D eigenvalue weighted by Crippen LogP contribution is 2.39. The minimum absolute atomic E-state index is 0.262. The van der Waals surface area contributed by atoms with Crippen LogP contribution >= 0.6 is 15.9 Å². The molecule has 1 atom stereocenters. The molecule has 0 fully saturated rings. The van der Waals surface area contributed by atoms with E-state index in [4.69, 9.17) is 9.47 Å². The second-order valence-corrected chi connectivity index (χ2v) is 13.0. The van der Waals surface area contributed by atoms with E-state index in [9.17, 15) is 4.21 Å². The molecule has 1 aliphatic rings. The second-order valence-electron chi connectivity index (χ2n) is 10.4. The summed E-state index contributed by atoms with van der Waals surface area (Å²) in [5, 5.41) is 0. The molecule has 3 aromatic carbocycles. The van der Waals surface area contributed by atoms with Crippen molar-refractivity contribution in [3.8, 4) is 11.5 Å². The topological polar surface area (TPSA) is 51.1 Å². The number of rotatable bonds is 8. The minimum atomic E-state index is -1.44. The molecule has 8 heteroatoms. The Bertz CT molecular complexity index is 1290. The number of fused-ring (bicyclic) bond motifs is 1. The van der Waals surface area contributed by atoms with Crippen molar-refractivity contribution in [3.63, 3.8) is 0 Å². The molecule has 202 valence electrons. The maximum atomic E-state index is 15.7. The summed E-state index contributed by atoms with van der Waals surface area (Å²) in [5.74, 6) is 1.30. The van der Waals surface area contributed by atoms with E-state index in [1.54, 1.807) is 20.3 Å². The summed E-state index contributed by atoms with van der Waals surface area (Å²) in [6.07, 6.45) is 2.06. The van der Waals surface area contributed by atoms with E-state index >= 15 is 4.39 Å². The average molecular weight is 602 g/mol. The lowest BCUT2D eigenvalue weighted by molar-refractivity contribution is 0.414. The van der Waals surface area contributed by atoms with Crippen molar-refractivity contribution in [2.75, 3.05) is 19.1 Å². The summed E-state index contributed by atoms with van der Waals surface area (Å²) in [7, 11) is 1.85. The number of hydrogen-bond donors (Lipinski definition) is 0. The van der Waals surface area contributed by atoms with Crippen molar-refractivity contribution >= 4 is 38.3 Å². The molecule has 1 aliphatic carbocycles. The zero-order valence-corrected chi connectivity index (χ0v) is 24.9. The van der Waals surface area contributed by atoms with E-state index in [1.807, 2.05) is 69.3 Å². The van der Waals surface area contributed by atoms with Gasteiger partial charge in [-0.15, -0.1) is 0 Å². The number of methoxy groups -OCH3 is 2. The van der Waals surface area contributed by atoms with Gasteiger partial charge in [-0.3, -0.25) is 0 Å². The third kappa shape index (κ3) is 6.46. The number of ether oxygens (including phenoxy) is 2. The lowest BCUT2D eigenvalue weighted by Crippen LogP contribution is -2.26. The Morgan fingerprint density at radius 1 is 0.947 bits per heavy atom. The molecule has 0 aromatic heterocycles. The first-order chi connectivity index (χ1) is 18.1. The van der Waals surface area contributed by atoms with Crippen molar-refractivity contribution in [2.45, 2.75) is 57.9 Å². The van der Waals surface area contributed by atoms with E-state index in [0.29, 0.717) is 37.2 Å². The molecule has 38 heavy (non-hydrogen) atoms. The van der Waals surface area contributed by atoms with Crippen molar-refractivity contribution in [1.82, 2.24) is 0 Å². The molecular weight excluding hydrogens is 567 g/mol. The molecule has 3 aromatic rings. The Morgan fingerprint density at radius 2 is 1.47 bits per heavy atom. The van der Waals surface area contributed by atoms with E-state index in [2.05, 4.69) is 25.2 Å². The molecule has 0 amide bonds. The fourth-order valence-electron chi connectivity index (χ4n) is 4.44. The molecule has 0 aliphatic heterocycles. The Morgan fingerprint density at radius 3 is 1.95 bits per heavy atom. The fourth-order valence-corrected chi connectivity index (χ4v) is 5.93. The van der Waals surface area contributed by atoms with Crippen molar-refractivity contribution < 1.29 is 18.1 Å². The third-order valence-electron chi connectivity index (χ3n) is 6.55. The number of anilines is 1. The smallest absolute Gasteiger partial charge is 0.145 e. The zero-order valence-electron chi connectivity index (χ0n) is 22.5. The van der Waals surface area contributed by atoms with Gasteiger partial charge in [0.25, 0.3) is 0 Å². The normalized spacial score (nSPS) is 15.2. The highest BCUT2D eigenvalue weighted by molar-refractivity contribution is 9.10. The van der Waals surface area contributed by atoms with E-state index in [-0.39, 0.29) is 5.82 Å². The molecule has 0 heterocycles. The lowest BCUT2D eigenvalue weighted by atomic mass is 9.89. The molecule has 4 rings (SSSR count). The van der Waals surface area contributed by atoms with Crippen LogP contribution in [0.1, 0.15) is 55.9 Å². The standard InChI is InChI=1S/C30H34BrFN2O3S/c1-30(2,3)38(35)33-26-8-6-7-24-25(32)17-27(29(31)28(24)26)34(18-20-9-13-22(36-4)14-10-20)19-21-11-15-23(37-5)16-12-21/h9-17H,6-8,18-19H2,1-5H3/b33-26-. The predicted molar refractivity (Wildman–Crippen MR) is 157 cm³/mol. The van der Waals surface area contributed by atoms with Crippen LogP contribution in [0.3, 0.4) is 0 Å². The average Bonchev–Trinajstić information content (AvgIpc) is 2.90. The Labute approximate surface area is 235 Å². The van der Waals surface area contributed by atoms with Crippen LogP contribution in [0, 0.1) is 5.82 Å². The SMILES string of the molecule is COc1ccc(CN(Cc2ccc(OC)cc2)c2cc(F)c3c(c2Br)/C(=N\S(=O)C(C)(C)C)CCC3)cc1. The van der Waals surface area contributed by atoms with E-state index < -0.39 is 15.7 Å². The molecular formula is C30H34BrFN2O3S. The maximum Gasteiger partial charge on any atom is 0.145 e. The highest BCUT2D eigenvalue weighted by Gasteiger charge is 2.28. The first kappa shape index (κ1) is 28.3. The Balaban J connectivity index is 1.80. The van der Waals surface area contributed by atoms with Crippen LogP contribution in [0.25, 0.3) is 0 Å². The van der Waals surface area contributed by atoms with Crippen LogP contribution in [0.15, 0.2) is 63.5 Å². The van der Waals surface area contributed by atoms with Crippen LogP contribution in [0.4, 0.5) is 10.1 Å². The maximum absolute atomic E-state index is 15.7. The van der Waals surface area contributed by atoms with Crippen LogP contribution in [0.5, 0.6) is 11.5 Å². The third-order valence-corrected chi connectivity index (χ3v) is 8.79. The van der Waals surface area contributed by atoms with Gasteiger partial charge in [0.15, 0.2) is 0 Å². The predicted octanol–water partition coefficient (Wildman–Crippen LogP) is 7.40. The fraction of sp³-hybridized carbons (Fsp3) is 0.367. The van der Waals surface area contributed by atoms with Crippen molar-refractivity contribution in [1.29, 1.82) is 0 Å². The first-order valence-corrected chi connectivity index (χ1v) is 14.5. The molecule has 0 saturated carbocycles. The van der Waals surface area contributed by atoms with Crippen LogP contribution in [0.2, 0.25) is 0 Å². The summed E-state index contributed by atoms with van der Waals surface area (Å²) >= 11 is 3.83. The number of nitrogens with zero attached hydrogens (tertiary/aromatic N) is 2. The largest absolute Gasteiger partial charge is 0.497 e. The molecule has 0 spiro atoms. The summed E-state index contributed by atoms with van der Waals surface area (Å²) in [6.45, 7) is 6.79. The summed E-state index contributed by atoms with van der Waals surface area (Å²) < 4.78 is 44.1. The quantitative estimate of drug-likeness (QED) is 0.270. The molecule has 0 radical (unpaired) electrons. The van der Waals surface area contributed by atoms with Gasteiger partial charge >= 0.3 is 0 Å². The van der Waals surface area contributed by atoms with Gasteiger partial charge in [-0.25, -0.2) is 8.60 Å². The van der Waals surface area contributed by atoms with Gasteiger partial charge in [0, 0.05) is 18.7 Å². The zero-order chi connectivity index (χ0) is 27.4. The van der Waals surface area contributed by atoms with Crippen LogP contribution < -0.4 is 14.4 Å². The van der Waals surface area contributed by atoms with Gasteiger partial charge in [-0.05, 0) is 103 Å². The van der Waals surface area contributed by atoms with Gasteiger partial charge in [0.05, 0.1) is 34.8 Å². The van der Waals surface area contributed by atoms with E-state index in [1.165, 1.54) is 0 Å². The molecule has 5 nitrogen and oxygen atoms in total. The van der Waals surface area contributed by atoms with Gasteiger partial charge in [0.2, 0.25) is 0 Å². The molecule has 1 unspecified atom stereocenters. The molecule has 0 bridgehead atoms. The van der Waals surface area contributed by atoms with Crippen LogP contribution in [-0.4, -0.2) is 28.9 Å². The lowest BCUT2D eigenvalue weighted by Gasteiger charge is -2.30. The second kappa shape index (κ2) is 12.0. The van der Waals surface area contributed by atoms with E-state index in [0.717, 1.165) is 44.8 Å². The Kier molecular flexibility index (Phi) is 8.93. The summed E-state index contributed by atoms with van der Waals surface area (Å²) in [5.41, 5.74) is 4.91. The van der Waals surface area contributed by atoms with Gasteiger partial charge in [-0.1, -0.05) is 24.3 Å². The number of halogens is 2. The van der Waals surface area contributed by atoms with Crippen molar-refractivity contribution in [2.24, 2.45) is 4.40 Å². The summed E-state index contributed by atoms with van der Waals surface area (Å²) in [6, 6.07) is 17.4.